The van der Waals surface area contributed by atoms with Gasteiger partial charge in [-0.2, -0.15) is 0 Å². The van der Waals surface area contributed by atoms with E-state index in [1.807, 2.05) is 0 Å². The van der Waals surface area contributed by atoms with Gasteiger partial charge in [-0.05, 0) is 24.6 Å². The van der Waals surface area contributed by atoms with E-state index < -0.39 is 16.3 Å². The first-order valence-electron chi connectivity index (χ1n) is 4.12. The number of ether oxygens (including phenoxy) is 1. The number of carbonyl (C=O) groups excluding carboxylic acids is 1. The molecule has 0 unspecified atom stereocenters. The fourth-order valence-electron chi connectivity index (χ4n) is 0.944. The number of nitro benzene ring substituents is 1. The molecule has 0 fully saturated rings. The summed E-state index contributed by atoms with van der Waals surface area (Å²) in [6.07, 6.45) is -0.909. The van der Waals surface area contributed by atoms with Crippen molar-refractivity contribution in [3.63, 3.8) is 0 Å². The van der Waals surface area contributed by atoms with Gasteiger partial charge in [0, 0.05) is 6.07 Å². The number of halogens is 1. The molecule has 0 bridgehead atoms. The number of benzene rings is 1. The predicted octanol–water partition coefficient (Wildman–Crippen LogP) is 2.13. The zero-order valence-electron chi connectivity index (χ0n) is 7.84. The van der Waals surface area contributed by atoms with E-state index in [1.165, 1.54) is 25.1 Å². The lowest BCUT2D eigenvalue weighted by molar-refractivity contribution is -0.386. The first kappa shape index (κ1) is 11.5. The lowest BCUT2D eigenvalue weighted by Crippen LogP contribution is -2.19. The Morgan fingerprint density at radius 3 is 2.67 bits per heavy atom. The third kappa shape index (κ3) is 2.92. The number of nitrogens with zero attached hydrogens (tertiary/aromatic N) is 1. The van der Waals surface area contributed by atoms with Gasteiger partial charge in [0.2, 0.25) is 0 Å². The number of nitro groups is 1. The van der Waals surface area contributed by atoms with E-state index in [9.17, 15) is 14.9 Å². The minimum atomic E-state index is -0.909. The minimum Gasteiger partial charge on any atom is -0.474 e. The molecular formula is C9H8ClNO4. The van der Waals surface area contributed by atoms with E-state index in [0.717, 1.165) is 0 Å². The molecule has 0 saturated carbocycles. The van der Waals surface area contributed by atoms with Gasteiger partial charge >= 0.3 is 5.69 Å². The highest BCUT2D eigenvalue weighted by Crippen LogP contribution is 2.26. The maximum Gasteiger partial charge on any atom is 0.310 e. The van der Waals surface area contributed by atoms with Crippen molar-refractivity contribution in [3.05, 3.63) is 34.4 Å². The summed E-state index contributed by atoms with van der Waals surface area (Å²) in [6.45, 7) is 1.42. The first-order chi connectivity index (χ1) is 7.02. The zero-order chi connectivity index (χ0) is 11.4. The Hall–Kier alpha value is -1.62. The molecule has 5 nitrogen and oxygen atoms in total. The average molecular weight is 230 g/mol. The molecule has 6 heteroatoms. The molecule has 1 aromatic rings. The fraction of sp³-hybridized carbons (Fsp3) is 0.222. The van der Waals surface area contributed by atoms with Gasteiger partial charge in [-0.25, -0.2) is 0 Å². The SMILES string of the molecule is C[C@H](Oc1ccccc1[N+](=O)[O-])C(=O)Cl. The smallest absolute Gasteiger partial charge is 0.310 e. The van der Waals surface area contributed by atoms with Gasteiger partial charge in [0.1, 0.15) is 0 Å². The monoisotopic (exact) mass is 229 g/mol. The third-order valence-electron chi connectivity index (χ3n) is 1.69. The fourth-order valence-corrected chi connectivity index (χ4v) is 0.989. The molecule has 0 aromatic heterocycles. The summed E-state index contributed by atoms with van der Waals surface area (Å²) in [5.74, 6) is 0.0315. The molecule has 1 atom stereocenters. The maximum absolute atomic E-state index is 10.7. The summed E-state index contributed by atoms with van der Waals surface area (Å²) in [6, 6.07) is 5.79. The Bertz CT molecular complexity index is 393. The van der Waals surface area contributed by atoms with Crippen LogP contribution in [0.15, 0.2) is 24.3 Å². The summed E-state index contributed by atoms with van der Waals surface area (Å²) in [7, 11) is 0. The predicted molar refractivity (Wildman–Crippen MR) is 54.0 cm³/mol. The van der Waals surface area contributed by atoms with Crippen LogP contribution < -0.4 is 4.74 Å². The van der Waals surface area contributed by atoms with Crippen LogP contribution in [0.3, 0.4) is 0 Å². The van der Waals surface area contributed by atoms with Crippen LogP contribution in [0.1, 0.15) is 6.92 Å². The summed E-state index contributed by atoms with van der Waals surface area (Å²) in [4.78, 5) is 20.7. The standard InChI is InChI=1S/C9H8ClNO4/c1-6(9(10)12)15-8-5-3-2-4-7(8)11(13)14/h2-6H,1H3/t6-/m0/s1. The van der Waals surface area contributed by atoms with Crippen LogP contribution in [0.5, 0.6) is 5.75 Å². The molecule has 0 amide bonds. The van der Waals surface area contributed by atoms with Crippen molar-refractivity contribution in [1.29, 1.82) is 0 Å². The quantitative estimate of drug-likeness (QED) is 0.451. The van der Waals surface area contributed by atoms with Crippen molar-refractivity contribution < 1.29 is 14.5 Å². The van der Waals surface area contributed by atoms with Crippen LogP contribution in [0.2, 0.25) is 0 Å². The first-order valence-corrected chi connectivity index (χ1v) is 4.49. The van der Waals surface area contributed by atoms with Crippen molar-refractivity contribution in [2.75, 3.05) is 0 Å². The van der Waals surface area contributed by atoms with Gasteiger partial charge in [-0.3, -0.25) is 14.9 Å². The molecule has 0 radical (unpaired) electrons. The highest BCUT2D eigenvalue weighted by Gasteiger charge is 2.18. The molecule has 0 spiro atoms. The normalized spacial score (nSPS) is 11.9. The van der Waals surface area contributed by atoms with Crippen molar-refractivity contribution in [1.82, 2.24) is 0 Å². The second-order valence-electron chi connectivity index (χ2n) is 2.79. The van der Waals surface area contributed by atoms with Gasteiger partial charge in [0.15, 0.2) is 11.9 Å². The molecule has 1 aromatic carbocycles. The van der Waals surface area contributed by atoms with E-state index in [-0.39, 0.29) is 11.4 Å². The van der Waals surface area contributed by atoms with Gasteiger partial charge in [0.05, 0.1) is 4.92 Å². The summed E-state index contributed by atoms with van der Waals surface area (Å²) in [5, 5.41) is 9.88. The summed E-state index contributed by atoms with van der Waals surface area (Å²) >= 11 is 5.18. The minimum absolute atomic E-state index is 0.0315. The van der Waals surface area contributed by atoms with Crippen LogP contribution in [0, 0.1) is 10.1 Å². The number of para-hydroxylation sites is 2. The Morgan fingerprint density at radius 1 is 1.53 bits per heavy atom. The van der Waals surface area contributed by atoms with E-state index in [2.05, 4.69) is 0 Å². The highest BCUT2D eigenvalue weighted by molar-refractivity contribution is 6.64. The Kier molecular flexibility index (Phi) is 3.62. The lowest BCUT2D eigenvalue weighted by atomic mass is 10.3. The molecule has 80 valence electrons. The van der Waals surface area contributed by atoms with E-state index in [4.69, 9.17) is 16.3 Å². The number of hydrogen-bond acceptors (Lipinski definition) is 4. The van der Waals surface area contributed by atoms with Crippen molar-refractivity contribution in [2.24, 2.45) is 0 Å². The third-order valence-corrected chi connectivity index (χ3v) is 1.99. The largest absolute Gasteiger partial charge is 0.474 e. The molecule has 0 aliphatic rings. The molecule has 0 saturated heterocycles. The highest BCUT2D eigenvalue weighted by atomic mass is 35.5. The topological polar surface area (TPSA) is 69.4 Å². The second-order valence-corrected chi connectivity index (χ2v) is 3.16. The van der Waals surface area contributed by atoms with E-state index in [1.54, 1.807) is 6.07 Å². The average Bonchev–Trinajstić information content (AvgIpc) is 2.18. The Labute approximate surface area is 90.8 Å². The molecule has 0 aliphatic carbocycles. The van der Waals surface area contributed by atoms with Gasteiger partial charge in [-0.1, -0.05) is 12.1 Å². The molecule has 15 heavy (non-hydrogen) atoms. The van der Waals surface area contributed by atoms with Gasteiger partial charge in [-0.15, -0.1) is 0 Å². The molecule has 0 N–H and O–H groups in total. The Morgan fingerprint density at radius 2 is 2.13 bits per heavy atom. The number of rotatable bonds is 4. The van der Waals surface area contributed by atoms with Crippen molar-refractivity contribution >= 4 is 22.5 Å². The summed E-state index contributed by atoms with van der Waals surface area (Å²) < 4.78 is 5.05. The summed E-state index contributed by atoms with van der Waals surface area (Å²) in [5.41, 5.74) is -0.192. The number of carbonyl (C=O) groups is 1. The van der Waals surface area contributed by atoms with Crippen LogP contribution in [0.25, 0.3) is 0 Å². The van der Waals surface area contributed by atoms with Crippen LogP contribution in [-0.4, -0.2) is 16.3 Å². The van der Waals surface area contributed by atoms with Crippen LogP contribution in [-0.2, 0) is 4.79 Å². The molecule has 0 heterocycles. The zero-order valence-corrected chi connectivity index (χ0v) is 8.60. The Balaban J connectivity index is 2.94. The van der Waals surface area contributed by atoms with Gasteiger partial charge in [0.25, 0.3) is 5.24 Å². The van der Waals surface area contributed by atoms with Crippen LogP contribution in [0.4, 0.5) is 5.69 Å². The van der Waals surface area contributed by atoms with E-state index in [0.29, 0.717) is 0 Å². The second kappa shape index (κ2) is 4.75. The van der Waals surface area contributed by atoms with E-state index >= 15 is 0 Å². The van der Waals surface area contributed by atoms with Crippen molar-refractivity contribution in [3.8, 4) is 5.75 Å². The lowest BCUT2D eigenvalue weighted by Gasteiger charge is -2.09. The van der Waals surface area contributed by atoms with Gasteiger partial charge < -0.3 is 4.74 Å². The number of hydrogen-bond donors (Lipinski definition) is 0. The van der Waals surface area contributed by atoms with Crippen molar-refractivity contribution in [2.45, 2.75) is 13.0 Å². The molecular weight excluding hydrogens is 222 g/mol. The van der Waals surface area contributed by atoms with Crippen LogP contribution >= 0.6 is 11.6 Å². The molecule has 0 aliphatic heterocycles. The maximum atomic E-state index is 10.7. The molecule has 1 rings (SSSR count).